The van der Waals surface area contributed by atoms with E-state index < -0.39 is 0 Å². The second kappa shape index (κ2) is 7.09. The van der Waals surface area contributed by atoms with E-state index in [4.69, 9.17) is 4.52 Å². The third-order valence-electron chi connectivity index (χ3n) is 3.63. The van der Waals surface area contributed by atoms with Gasteiger partial charge in [-0.05, 0) is 44.0 Å². The standard InChI is InChI=1S/C17H21N3O3/c1-11-5-6-15(9-12(11)2)18-17(22)7-8-20(14(4)21)16-10-13(3)23-19-16/h5-6,9-10H,7-8H2,1-4H3,(H,18,22). The van der Waals surface area contributed by atoms with Crippen molar-refractivity contribution in [3.63, 3.8) is 0 Å². The summed E-state index contributed by atoms with van der Waals surface area (Å²) in [5.41, 5.74) is 3.04. The molecule has 0 saturated heterocycles. The predicted molar refractivity (Wildman–Crippen MR) is 88.4 cm³/mol. The van der Waals surface area contributed by atoms with E-state index in [0.29, 0.717) is 11.6 Å². The number of rotatable bonds is 5. The summed E-state index contributed by atoms with van der Waals surface area (Å²) in [4.78, 5) is 25.2. The second-order valence-corrected chi connectivity index (χ2v) is 5.56. The fraction of sp³-hybridized carbons (Fsp3) is 0.353. The molecule has 6 nitrogen and oxygen atoms in total. The van der Waals surface area contributed by atoms with E-state index in [1.54, 1.807) is 13.0 Å². The van der Waals surface area contributed by atoms with Crippen LogP contribution in [0.4, 0.5) is 11.5 Å². The van der Waals surface area contributed by atoms with Gasteiger partial charge >= 0.3 is 0 Å². The molecule has 0 atom stereocenters. The second-order valence-electron chi connectivity index (χ2n) is 5.56. The van der Waals surface area contributed by atoms with Crippen LogP contribution in [0.5, 0.6) is 0 Å². The summed E-state index contributed by atoms with van der Waals surface area (Å²) >= 11 is 0. The highest BCUT2D eigenvalue weighted by atomic mass is 16.5. The van der Waals surface area contributed by atoms with E-state index >= 15 is 0 Å². The van der Waals surface area contributed by atoms with Crippen molar-refractivity contribution >= 4 is 23.3 Å². The van der Waals surface area contributed by atoms with Gasteiger partial charge in [0.25, 0.3) is 0 Å². The van der Waals surface area contributed by atoms with E-state index in [0.717, 1.165) is 11.3 Å². The maximum Gasteiger partial charge on any atom is 0.226 e. The molecular weight excluding hydrogens is 294 g/mol. The molecule has 1 aromatic heterocycles. The van der Waals surface area contributed by atoms with Gasteiger partial charge in [-0.15, -0.1) is 0 Å². The highest BCUT2D eigenvalue weighted by Crippen LogP contribution is 2.16. The number of hydrogen-bond acceptors (Lipinski definition) is 4. The van der Waals surface area contributed by atoms with Gasteiger partial charge in [-0.1, -0.05) is 11.2 Å². The van der Waals surface area contributed by atoms with E-state index in [1.807, 2.05) is 32.0 Å². The van der Waals surface area contributed by atoms with Crippen LogP contribution < -0.4 is 10.2 Å². The molecule has 0 aliphatic carbocycles. The molecule has 1 heterocycles. The molecule has 6 heteroatoms. The first-order valence-electron chi connectivity index (χ1n) is 7.45. The third kappa shape index (κ3) is 4.42. The number of nitrogens with zero attached hydrogens (tertiary/aromatic N) is 2. The zero-order chi connectivity index (χ0) is 17.0. The Bertz CT molecular complexity index is 722. The van der Waals surface area contributed by atoms with E-state index in [2.05, 4.69) is 10.5 Å². The van der Waals surface area contributed by atoms with Crippen LogP contribution in [-0.2, 0) is 9.59 Å². The van der Waals surface area contributed by atoms with Crippen LogP contribution in [0.2, 0.25) is 0 Å². The molecule has 0 aliphatic rings. The van der Waals surface area contributed by atoms with Crippen LogP contribution >= 0.6 is 0 Å². The fourth-order valence-corrected chi connectivity index (χ4v) is 2.17. The molecule has 0 radical (unpaired) electrons. The van der Waals surface area contributed by atoms with Gasteiger partial charge in [-0.25, -0.2) is 0 Å². The smallest absolute Gasteiger partial charge is 0.226 e. The van der Waals surface area contributed by atoms with E-state index in [1.165, 1.54) is 17.4 Å². The monoisotopic (exact) mass is 315 g/mol. The third-order valence-corrected chi connectivity index (χ3v) is 3.63. The number of amides is 2. The molecule has 0 bridgehead atoms. The number of hydrogen-bond donors (Lipinski definition) is 1. The van der Waals surface area contributed by atoms with E-state index in [9.17, 15) is 9.59 Å². The van der Waals surface area contributed by atoms with Crippen LogP contribution in [0.1, 0.15) is 30.2 Å². The number of carbonyl (C=O) groups is 2. The minimum absolute atomic E-state index is 0.153. The Hall–Kier alpha value is -2.63. The minimum atomic E-state index is -0.183. The van der Waals surface area contributed by atoms with Crippen molar-refractivity contribution < 1.29 is 14.1 Å². The largest absolute Gasteiger partial charge is 0.360 e. The Balaban J connectivity index is 1.96. The Kier molecular flexibility index (Phi) is 5.16. The number of aromatic nitrogens is 1. The lowest BCUT2D eigenvalue weighted by molar-refractivity contribution is -0.117. The zero-order valence-corrected chi connectivity index (χ0v) is 13.8. The van der Waals surface area contributed by atoms with Crippen molar-refractivity contribution in [2.75, 3.05) is 16.8 Å². The first kappa shape index (κ1) is 16.7. The van der Waals surface area contributed by atoms with Gasteiger partial charge in [-0.3, -0.25) is 14.5 Å². The number of nitrogens with one attached hydrogen (secondary N) is 1. The summed E-state index contributed by atoms with van der Waals surface area (Å²) in [5.74, 6) is 0.705. The Labute approximate surface area is 135 Å². The first-order valence-corrected chi connectivity index (χ1v) is 7.45. The van der Waals surface area contributed by atoms with Crippen molar-refractivity contribution in [1.29, 1.82) is 0 Å². The summed E-state index contributed by atoms with van der Waals surface area (Å²) < 4.78 is 4.98. The van der Waals surface area contributed by atoms with Crippen LogP contribution in [0, 0.1) is 20.8 Å². The molecule has 2 aromatic rings. The van der Waals surface area contributed by atoms with Crippen molar-refractivity contribution in [3.05, 3.63) is 41.2 Å². The number of benzene rings is 1. The highest BCUT2D eigenvalue weighted by Gasteiger charge is 2.17. The normalized spacial score (nSPS) is 10.4. The van der Waals surface area contributed by atoms with Crippen molar-refractivity contribution in [2.24, 2.45) is 0 Å². The van der Waals surface area contributed by atoms with E-state index in [-0.39, 0.29) is 24.8 Å². The van der Waals surface area contributed by atoms with Crippen LogP contribution in [-0.4, -0.2) is 23.5 Å². The molecule has 1 aromatic carbocycles. The van der Waals surface area contributed by atoms with Crippen LogP contribution in [0.3, 0.4) is 0 Å². The number of anilines is 2. The average molecular weight is 315 g/mol. The van der Waals surface area contributed by atoms with Gasteiger partial charge in [0.2, 0.25) is 11.8 Å². The lowest BCUT2D eigenvalue weighted by Crippen LogP contribution is -2.32. The maximum atomic E-state index is 12.1. The van der Waals surface area contributed by atoms with Gasteiger partial charge in [0.1, 0.15) is 5.76 Å². The summed E-state index contributed by atoms with van der Waals surface area (Å²) in [6.07, 6.45) is 0.179. The fourth-order valence-electron chi connectivity index (χ4n) is 2.17. The highest BCUT2D eigenvalue weighted by molar-refractivity contribution is 5.94. The van der Waals surface area contributed by atoms with Gasteiger partial charge in [-0.2, -0.15) is 0 Å². The maximum absolute atomic E-state index is 12.1. The molecule has 23 heavy (non-hydrogen) atoms. The molecule has 2 rings (SSSR count). The lowest BCUT2D eigenvalue weighted by atomic mass is 10.1. The van der Waals surface area contributed by atoms with Crippen molar-refractivity contribution in [1.82, 2.24) is 5.16 Å². The zero-order valence-electron chi connectivity index (χ0n) is 13.8. The summed E-state index contributed by atoms with van der Waals surface area (Å²) in [6, 6.07) is 7.43. The van der Waals surface area contributed by atoms with Crippen LogP contribution in [0.25, 0.3) is 0 Å². The molecule has 122 valence electrons. The molecular formula is C17H21N3O3. The van der Waals surface area contributed by atoms with Gasteiger partial charge in [0.05, 0.1) is 0 Å². The van der Waals surface area contributed by atoms with Crippen molar-refractivity contribution in [2.45, 2.75) is 34.1 Å². The summed E-state index contributed by atoms with van der Waals surface area (Å²) in [5, 5.41) is 6.66. The molecule has 0 saturated carbocycles. The Morgan fingerprint density at radius 1 is 1.17 bits per heavy atom. The van der Waals surface area contributed by atoms with Gasteiger partial charge < -0.3 is 9.84 Å². The number of aryl methyl sites for hydroxylation is 3. The molecule has 0 fully saturated rings. The number of carbonyl (C=O) groups excluding carboxylic acids is 2. The minimum Gasteiger partial charge on any atom is -0.360 e. The Morgan fingerprint density at radius 2 is 1.91 bits per heavy atom. The molecule has 0 aliphatic heterocycles. The quantitative estimate of drug-likeness (QED) is 0.920. The lowest BCUT2D eigenvalue weighted by Gasteiger charge is -2.17. The summed E-state index contributed by atoms with van der Waals surface area (Å²) in [7, 11) is 0. The van der Waals surface area contributed by atoms with Crippen LogP contribution in [0.15, 0.2) is 28.8 Å². The molecule has 1 N–H and O–H groups in total. The molecule has 0 unspecified atom stereocenters. The Morgan fingerprint density at radius 3 is 2.48 bits per heavy atom. The SMILES string of the molecule is CC(=O)N(CCC(=O)Nc1ccc(C)c(C)c1)c1cc(C)on1. The predicted octanol–water partition coefficient (Wildman–Crippen LogP) is 2.98. The molecule has 0 spiro atoms. The van der Waals surface area contributed by atoms with Gasteiger partial charge in [0.15, 0.2) is 5.82 Å². The summed E-state index contributed by atoms with van der Waals surface area (Å²) in [6.45, 7) is 7.45. The van der Waals surface area contributed by atoms with Gasteiger partial charge in [0, 0.05) is 31.6 Å². The molecule has 2 amide bonds. The first-order chi connectivity index (χ1) is 10.9. The average Bonchev–Trinajstić information content (AvgIpc) is 2.89. The topological polar surface area (TPSA) is 75.4 Å². The van der Waals surface area contributed by atoms with Crippen molar-refractivity contribution in [3.8, 4) is 0 Å².